The summed E-state index contributed by atoms with van der Waals surface area (Å²) >= 11 is 0. The summed E-state index contributed by atoms with van der Waals surface area (Å²) in [5.74, 6) is -1.55. The molecule has 2 amide bonds. The third-order valence-electron chi connectivity index (χ3n) is 3.85. The molecule has 3 N–H and O–H groups in total. The molecule has 0 aromatic heterocycles. The normalized spacial score (nSPS) is 18.7. The minimum atomic E-state index is -1.25. The lowest BCUT2D eigenvalue weighted by atomic mass is 10.0. The second-order valence-electron chi connectivity index (χ2n) is 5.26. The maximum absolute atomic E-state index is 12.0. The lowest BCUT2D eigenvalue weighted by Gasteiger charge is -2.18. The molecule has 0 bridgehead atoms. The molecule has 0 unspecified atom stereocenters. The topological polar surface area (TPSA) is 95.5 Å². The zero-order chi connectivity index (χ0) is 14.3. The highest BCUT2D eigenvalue weighted by atomic mass is 16.4. The molecule has 6 heteroatoms. The van der Waals surface area contributed by atoms with Gasteiger partial charge in [-0.25, -0.2) is 0 Å². The molecule has 2 aliphatic rings. The van der Waals surface area contributed by atoms with Crippen LogP contribution in [0.25, 0.3) is 0 Å². The number of rotatable bonds is 3. The van der Waals surface area contributed by atoms with Crippen molar-refractivity contribution in [3.63, 3.8) is 0 Å². The molecular weight excluding hydrogens is 260 g/mol. The zero-order valence-electron chi connectivity index (χ0n) is 10.7. The van der Waals surface area contributed by atoms with Gasteiger partial charge in [-0.1, -0.05) is 0 Å². The summed E-state index contributed by atoms with van der Waals surface area (Å²) in [6.45, 7) is 0. The molecule has 1 fully saturated rings. The van der Waals surface area contributed by atoms with E-state index >= 15 is 0 Å². The second kappa shape index (κ2) is 4.33. The van der Waals surface area contributed by atoms with Crippen molar-refractivity contribution in [2.24, 2.45) is 5.41 Å². The van der Waals surface area contributed by atoms with E-state index in [0.717, 1.165) is 11.3 Å². The fourth-order valence-electron chi connectivity index (χ4n) is 2.37. The van der Waals surface area contributed by atoms with Crippen LogP contribution < -0.4 is 10.6 Å². The molecule has 6 nitrogen and oxygen atoms in total. The summed E-state index contributed by atoms with van der Waals surface area (Å²) < 4.78 is 0. The Balaban J connectivity index is 1.77. The van der Waals surface area contributed by atoms with Crippen molar-refractivity contribution in [2.45, 2.75) is 25.7 Å². The number of aryl methyl sites for hydroxylation is 1. The number of carboxylic acid groups (broad SMARTS) is 1. The van der Waals surface area contributed by atoms with Crippen LogP contribution in [-0.2, 0) is 20.8 Å². The van der Waals surface area contributed by atoms with Crippen LogP contribution in [0.5, 0.6) is 0 Å². The summed E-state index contributed by atoms with van der Waals surface area (Å²) in [7, 11) is 0. The number of nitrogens with one attached hydrogen (secondary N) is 2. The van der Waals surface area contributed by atoms with E-state index < -0.39 is 17.3 Å². The van der Waals surface area contributed by atoms with E-state index in [0.29, 0.717) is 31.4 Å². The SMILES string of the molecule is O=C1CCc2cc(NC(=O)C3(C(=O)O)CC3)ccc2N1. The van der Waals surface area contributed by atoms with Gasteiger partial charge in [0.05, 0.1) is 0 Å². The van der Waals surface area contributed by atoms with Gasteiger partial charge in [0.1, 0.15) is 5.41 Å². The molecule has 0 radical (unpaired) electrons. The first kappa shape index (κ1) is 12.7. The molecule has 104 valence electrons. The van der Waals surface area contributed by atoms with Gasteiger partial charge < -0.3 is 15.7 Å². The van der Waals surface area contributed by atoms with Crippen molar-refractivity contribution >= 4 is 29.2 Å². The lowest BCUT2D eigenvalue weighted by Crippen LogP contribution is -2.31. The number of aliphatic carboxylic acids is 1. The Morgan fingerprint density at radius 3 is 2.65 bits per heavy atom. The van der Waals surface area contributed by atoms with Crippen LogP contribution >= 0.6 is 0 Å². The van der Waals surface area contributed by atoms with E-state index in [4.69, 9.17) is 5.11 Å². The van der Waals surface area contributed by atoms with Gasteiger partial charge in [-0.2, -0.15) is 0 Å². The van der Waals surface area contributed by atoms with Crippen LogP contribution in [-0.4, -0.2) is 22.9 Å². The van der Waals surface area contributed by atoms with Crippen molar-refractivity contribution in [2.75, 3.05) is 10.6 Å². The van der Waals surface area contributed by atoms with Crippen LogP contribution in [0.3, 0.4) is 0 Å². The fourth-order valence-corrected chi connectivity index (χ4v) is 2.37. The average molecular weight is 274 g/mol. The number of benzene rings is 1. The van der Waals surface area contributed by atoms with Crippen LogP contribution in [0.15, 0.2) is 18.2 Å². The minimum absolute atomic E-state index is 0.0166. The molecule has 3 rings (SSSR count). The highest BCUT2D eigenvalue weighted by molar-refractivity contribution is 6.11. The van der Waals surface area contributed by atoms with E-state index in [1.54, 1.807) is 18.2 Å². The van der Waals surface area contributed by atoms with Gasteiger partial charge in [0.2, 0.25) is 11.8 Å². The summed E-state index contributed by atoms with van der Waals surface area (Å²) in [5.41, 5.74) is 1.02. The molecule has 1 heterocycles. The van der Waals surface area contributed by atoms with Gasteiger partial charge in [0, 0.05) is 17.8 Å². The number of carboxylic acids is 1. The number of anilines is 2. The number of carbonyl (C=O) groups excluding carboxylic acids is 2. The smallest absolute Gasteiger partial charge is 0.319 e. The predicted molar refractivity (Wildman–Crippen MR) is 71.3 cm³/mol. The molecule has 1 aromatic rings. The van der Waals surface area contributed by atoms with Gasteiger partial charge in [-0.15, -0.1) is 0 Å². The van der Waals surface area contributed by atoms with Crippen LogP contribution in [0.1, 0.15) is 24.8 Å². The predicted octanol–water partition coefficient (Wildman–Crippen LogP) is 1.37. The van der Waals surface area contributed by atoms with Gasteiger partial charge in [-0.05, 0) is 43.0 Å². The van der Waals surface area contributed by atoms with Crippen LogP contribution in [0.2, 0.25) is 0 Å². The fraction of sp³-hybridized carbons (Fsp3) is 0.357. The maximum atomic E-state index is 12.0. The van der Waals surface area contributed by atoms with E-state index in [9.17, 15) is 14.4 Å². The molecule has 1 aliphatic heterocycles. The van der Waals surface area contributed by atoms with Crippen molar-refractivity contribution in [3.8, 4) is 0 Å². The first-order valence-electron chi connectivity index (χ1n) is 6.49. The number of carbonyl (C=O) groups is 3. The van der Waals surface area contributed by atoms with Crippen LogP contribution in [0.4, 0.5) is 11.4 Å². The number of hydrogen-bond acceptors (Lipinski definition) is 3. The van der Waals surface area contributed by atoms with E-state index in [-0.39, 0.29) is 5.91 Å². The Labute approximate surface area is 115 Å². The Hall–Kier alpha value is -2.37. The summed E-state index contributed by atoms with van der Waals surface area (Å²) in [5, 5.41) is 14.5. The van der Waals surface area contributed by atoms with Crippen molar-refractivity contribution in [1.29, 1.82) is 0 Å². The largest absolute Gasteiger partial charge is 0.480 e. The second-order valence-corrected chi connectivity index (χ2v) is 5.26. The van der Waals surface area contributed by atoms with Crippen LogP contribution in [0, 0.1) is 5.41 Å². The molecular formula is C14H14N2O4. The Morgan fingerprint density at radius 2 is 2.00 bits per heavy atom. The average Bonchev–Trinajstić information content (AvgIpc) is 3.20. The summed E-state index contributed by atoms with van der Waals surface area (Å²) in [6.07, 6.45) is 1.81. The number of fused-ring (bicyclic) bond motifs is 1. The van der Waals surface area contributed by atoms with E-state index in [2.05, 4.69) is 10.6 Å². The van der Waals surface area contributed by atoms with Gasteiger partial charge in [-0.3, -0.25) is 14.4 Å². The monoisotopic (exact) mass is 274 g/mol. The number of amides is 2. The Kier molecular flexibility index (Phi) is 2.74. The van der Waals surface area contributed by atoms with E-state index in [1.165, 1.54) is 0 Å². The van der Waals surface area contributed by atoms with Crippen molar-refractivity contribution in [1.82, 2.24) is 0 Å². The van der Waals surface area contributed by atoms with Gasteiger partial charge >= 0.3 is 5.97 Å². The molecule has 0 spiro atoms. The maximum Gasteiger partial charge on any atom is 0.319 e. The van der Waals surface area contributed by atoms with Crippen molar-refractivity contribution in [3.05, 3.63) is 23.8 Å². The highest BCUT2D eigenvalue weighted by Gasteiger charge is 2.57. The summed E-state index contributed by atoms with van der Waals surface area (Å²) in [4.78, 5) is 34.3. The molecule has 0 saturated heterocycles. The standard InChI is InChI=1S/C14H14N2O4/c17-11-4-1-8-7-9(2-3-10(8)16-11)15-12(18)14(5-6-14)13(19)20/h2-3,7H,1,4-6H2,(H,15,18)(H,16,17)(H,19,20). The van der Waals surface area contributed by atoms with Gasteiger partial charge in [0.15, 0.2) is 0 Å². The Morgan fingerprint density at radius 1 is 1.25 bits per heavy atom. The van der Waals surface area contributed by atoms with Gasteiger partial charge in [0.25, 0.3) is 0 Å². The van der Waals surface area contributed by atoms with Crippen molar-refractivity contribution < 1.29 is 19.5 Å². The molecule has 1 saturated carbocycles. The number of hydrogen-bond donors (Lipinski definition) is 3. The molecule has 0 atom stereocenters. The highest BCUT2D eigenvalue weighted by Crippen LogP contribution is 2.46. The third-order valence-corrected chi connectivity index (χ3v) is 3.85. The first-order chi connectivity index (χ1) is 9.51. The summed E-state index contributed by atoms with van der Waals surface area (Å²) in [6, 6.07) is 5.17. The molecule has 20 heavy (non-hydrogen) atoms. The quantitative estimate of drug-likeness (QED) is 0.725. The Bertz CT molecular complexity index is 620. The lowest BCUT2D eigenvalue weighted by molar-refractivity contribution is -0.147. The minimum Gasteiger partial charge on any atom is -0.480 e. The first-order valence-corrected chi connectivity index (χ1v) is 6.49. The zero-order valence-corrected chi connectivity index (χ0v) is 10.7. The molecule has 1 aliphatic carbocycles. The molecule has 1 aromatic carbocycles. The van der Waals surface area contributed by atoms with E-state index in [1.807, 2.05) is 0 Å². The third kappa shape index (κ3) is 2.03.